The van der Waals surface area contributed by atoms with E-state index in [-0.39, 0.29) is 24.8 Å². The standard InChI is InChI=1S/C22H24N2O3S/c1-14-9-10-17-16(13-27-22(17)15(14)2)11-21(26)24(3)12-20(25)23-18-7-5-6-8-19(18)28-4/h5-10,13H,11-12H2,1-4H3,(H,23,25). The van der Waals surface area contributed by atoms with Gasteiger partial charge < -0.3 is 14.6 Å². The summed E-state index contributed by atoms with van der Waals surface area (Å²) in [5, 5.41) is 3.82. The number of anilines is 1. The monoisotopic (exact) mass is 396 g/mol. The smallest absolute Gasteiger partial charge is 0.244 e. The first-order chi connectivity index (χ1) is 13.4. The number of para-hydroxylation sites is 1. The summed E-state index contributed by atoms with van der Waals surface area (Å²) in [4.78, 5) is 27.4. The molecule has 1 heterocycles. The van der Waals surface area contributed by atoms with Crippen molar-refractivity contribution in [1.29, 1.82) is 0 Å². The van der Waals surface area contributed by atoms with Crippen molar-refractivity contribution in [3.05, 3.63) is 59.4 Å². The van der Waals surface area contributed by atoms with E-state index >= 15 is 0 Å². The van der Waals surface area contributed by atoms with Crippen LogP contribution in [0.2, 0.25) is 0 Å². The summed E-state index contributed by atoms with van der Waals surface area (Å²) in [6.07, 6.45) is 3.79. The van der Waals surface area contributed by atoms with E-state index in [0.29, 0.717) is 0 Å². The zero-order valence-corrected chi connectivity index (χ0v) is 17.4. The third-order valence-corrected chi connectivity index (χ3v) is 5.67. The Balaban J connectivity index is 1.65. The Labute approximate surface area is 169 Å². The topological polar surface area (TPSA) is 62.6 Å². The van der Waals surface area contributed by atoms with Crippen LogP contribution < -0.4 is 5.32 Å². The maximum absolute atomic E-state index is 12.6. The van der Waals surface area contributed by atoms with E-state index in [1.165, 1.54) is 4.90 Å². The molecule has 0 unspecified atom stereocenters. The second kappa shape index (κ2) is 8.52. The number of rotatable bonds is 6. The zero-order valence-electron chi connectivity index (χ0n) is 16.5. The van der Waals surface area contributed by atoms with Gasteiger partial charge in [-0.1, -0.05) is 24.3 Å². The Bertz CT molecular complexity index is 1030. The third kappa shape index (κ3) is 4.22. The van der Waals surface area contributed by atoms with Gasteiger partial charge in [0.2, 0.25) is 11.8 Å². The van der Waals surface area contributed by atoms with Crippen LogP contribution >= 0.6 is 11.8 Å². The third-order valence-electron chi connectivity index (χ3n) is 4.87. The zero-order chi connectivity index (χ0) is 20.3. The quantitative estimate of drug-likeness (QED) is 0.627. The number of fused-ring (bicyclic) bond motifs is 1. The lowest BCUT2D eigenvalue weighted by Crippen LogP contribution is -2.35. The average Bonchev–Trinajstić information content (AvgIpc) is 3.08. The number of nitrogens with zero attached hydrogens (tertiary/aromatic N) is 1. The van der Waals surface area contributed by atoms with Crippen LogP contribution in [0.25, 0.3) is 11.0 Å². The molecule has 0 spiro atoms. The van der Waals surface area contributed by atoms with Gasteiger partial charge in [-0.05, 0) is 43.4 Å². The molecule has 0 radical (unpaired) electrons. The van der Waals surface area contributed by atoms with Gasteiger partial charge in [0.25, 0.3) is 0 Å². The van der Waals surface area contributed by atoms with E-state index in [9.17, 15) is 9.59 Å². The van der Waals surface area contributed by atoms with Gasteiger partial charge >= 0.3 is 0 Å². The Kier molecular flexibility index (Phi) is 6.09. The van der Waals surface area contributed by atoms with Crippen LogP contribution in [0, 0.1) is 13.8 Å². The van der Waals surface area contributed by atoms with Crippen LogP contribution in [0.5, 0.6) is 0 Å². The molecule has 0 saturated heterocycles. The molecule has 0 fully saturated rings. The van der Waals surface area contributed by atoms with E-state index < -0.39 is 0 Å². The van der Waals surface area contributed by atoms with Gasteiger partial charge in [0, 0.05) is 22.9 Å². The number of aryl methyl sites for hydroxylation is 2. The average molecular weight is 397 g/mol. The molecule has 3 rings (SSSR count). The number of hydrogen-bond acceptors (Lipinski definition) is 4. The van der Waals surface area contributed by atoms with Crippen LogP contribution in [0.15, 0.2) is 52.0 Å². The fourth-order valence-corrected chi connectivity index (χ4v) is 3.62. The molecule has 0 saturated carbocycles. The molecule has 0 aliphatic carbocycles. The Morgan fingerprint density at radius 1 is 1.14 bits per heavy atom. The summed E-state index contributed by atoms with van der Waals surface area (Å²) in [6, 6.07) is 11.6. The first-order valence-corrected chi connectivity index (χ1v) is 10.3. The van der Waals surface area contributed by atoms with Crippen molar-refractivity contribution in [3.8, 4) is 0 Å². The highest BCUT2D eigenvalue weighted by Gasteiger charge is 2.18. The number of nitrogens with one attached hydrogen (secondary N) is 1. The van der Waals surface area contributed by atoms with Crippen molar-refractivity contribution in [2.24, 2.45) is 0 Å². The summed E-state index contributed by atoms with van der Waals surface area (Å²) in [7, 11) is 1.64. The number of amides is 2. The number of likely N-dealkylation sites (N-methyl/N-ethyl adjacent to an activating group) is 1. The van der Waals surface area contributed by atoms with Gasteiger partial charge in [-0.2, -0.15) is 0 Å². The summed E-state index contributed by atoms with van der Waals surface area (Å²) >= 11 is 1.56. The minimum atomic E-state index is -0.221. The highest BCUT2D eigenvalue weighted by molar-refractivity contribution is 7.98. The van der Waals surface area contributed by atoms with Crippen molar-refractivity contribution in [1.82, 2.24) is 4.90 Å². The van der Waals surface area contributed by atoms with E-state index in [1.54, 1.807) is 25.1 Å². The fraction of sp³-hybridized carbons (Fsp3) is 0.273. The van der Waals surface area contributed by atoms with E-state index in [0.717, 1.165) is 38.2 Å². The molecule has 0 atom stereocenters. The molecule has 0 aliphatic rings. The highest BCUT2D eigenvalue weighted by atomic mass is 32.2. The van der Waals surface area contributed by atoms with Gasteiger partial charge in [0.1, 0.15) is 5.58 Å². The van der Waals surface area contributed by atoms with Gasteiger partial charge in [-0.3, -0.25) is 9.59 Å². The molecule has 0 aliphatic heterocycles. The van der Waals surface area contributed by atoms with Crippen molar-refractivity contribution in [2.75, 3.05) is 25.2 Å². The van der Waals surface area contributed by atoms with Crippen LogP contribution in [-0.4, -0.2) is 36.6 Å². The number of carbonyl (C=O) groups excluding carboxylic acids is 2. The SMILES string of the molecule is CSc1ccccc1NC(=O)CN(C)C(=O)Cc1coc2c(C)c(C)ccc12. The van der Waals surface area contributed by atoms with Gasteiger partial charge in [-0.25, -0.2) is 0 Å². The Morgan fingerprint density at radius 3 is 2.64 bits per heavy atom. The first-order valence-electron chi connectivity index (χ1n) is 9.03. The van der Waals surface area contributed by atoms with Crippen LogP contribution in [0.4, 0.5) is 5.69 Å². The number of hydrogen-bond donors (Lipinski definition) is 1. The van der Waals surface area contributed by atoms with Gasteiger partial charge in [0.05, 0.1) is 24.9 Å². The molecule has 6 heteroatoms. The number of benzene rings is 2. The molecule has 2 aromatic carbocycles. The lowest BCUT2D eigenvalue weighted by atomic mass is 10.0. The van der Waals surface area contributed by atoms with E-state index in [2.05, 4.69) is 5.32 Å². The number of thioether (sulfide) groups is 1. The predicted molar refractivity (Wildman–Crippen MR) is 114 cm³/mol. The lowest BCUT2D eigenvalue weighted by molar-refractivity contribution is -0.132. The maximum Gasteiger partial charge on any atom is 0.244 e. The molecule has 1 N–H and O–H groups in total. The molecule has 5 nitrogen and oxygen atoms in total. The fourth-order valence-electron chi connectivity index (χ4n) is 3.06. The molecule has 0 bridgehead atoms. The minimum absolute atomic E-state index is 0.00450. The second-order valence-electron chi connectivity index (χ2n) is 6.82. The van der Waals surface area contributed by atoms with Crippen molar-refractivity contribution >= 4 is 40.2 Å². The summed E-state index contributed by atoms with van der Waals surface area (Å²) in [5.41, 5.74) is 4.64. The molecule has 3 aromatic rings. The Morgan fingerprint density at radius 2 is 1.89 bits per heavy atom. The highest BCUT2D eigenvalue weighted by Crippen LogP contribution is 2.27. The second-order valence-corrected chi connectivity index (χ2v) is 7.67. The van der Waals surface area contributed by atoms with E-state index in [1.807, 2.05) is 56.5 Å². The summed E-state index contributed by atoms with van der Waals surface area (Å²) in [6.45, 7) is 4.04. The molecule has 2 amide bonds. The Hall–Kier alpha value is -2.73. The summed E-state index contributed by atoms with van der Waals surface area (Å²) < 4.78 is 5.67. The largest absolute Gasteiger partial charge is 0.464 e. The number of furan rings is 1. The minimum Gasteiger partial charge on any atom is -0.464 e. The van der Waals surface area contributed by atoms with Crippen LogP contribution in [0.3, 0.4) is 0 Å². The van der Waals surface area contributed by atoms with Gasteiger partial charge in [-0.15, -0.1) is 11.8 Å². The van der Waals surface area contributed by atoms with Crippen molar-refractivity contribution in [2.45, 2.75) is 25.2 Å². The molecule has 146 valence electrons. The number of carbonyl (C=O) groups is 2. The lowest BCUT2D eigenvalue weighted by Gasteiger charge is -2.17. The molecular formula is C22H24N2O3S. The molecule has 1 aromatic heterocycles. The predicted octanol–water partition coefficient (Wildman–Crippen LogP) is 4.41. The normalized spacial score (nSPS) is 10.9. The first kappa shape index (κ1) is 20.0. The van der Waals surface area contributed by atoms with E-state index in [4.69, 9.17) is 4.42 Å². The van der Waals surface area contributed by atoms with Crippen molar-refractivity contribution < 1.29 is 14.0 Å². The van der Waals surface area contributed by atoms with Crippen LogP contribution in [-0.2, 0) is 16.0 Å². The van der Waals surface area contributed by atoms with Crippen molar-refractivity contribution in [3.63, 3.8) is 0 Å². The maximum atomic E-state index is 12.6. The van der Waals surface area contributed by atoms with Crippen LogP contribution in [0.1, 0.15) is 16.7 Å². The summed E-state index contributed by atoms with van der Waals surface area (Å²) in [5.74, 6) is -0.352. The molecule has 28 heavy (non-hydrogen) atoms. The molecular weight excluding hydrogens is 372 g/mol. The van der Waals surface area contributed by atoms with Gasteiger partial charge in [0.15, 0.2) is 0 Å².